The Balaban J connectivity index is 1.73. The molecule has 1 amide bonds. The third kappa shape index (κ3) is 6.77. The summed E-state index contributed by atoms with van der Waals surface area (Å²) in [6.07, 6.45) is 0. The Bertz CT molecular complexity index is 1250. The third-order valence-electron chi connectivity index (χ3n) is 4.23. The van der Waals surface area contributed by atoms with Gasteiger partial charge in [0.05, 0.1) is 17.3 Å². The SMILES string of the molecule is Nc1nnc(CN(Cc2ccc(NS(=O)(=O)C(F)(F)F)cc2)C(=O)CSc2ccccc2Cl)o1. The number of carbonyl (C=O) groups excluding carboxylic acids is 1. The molecule has 0 saturated heterocycles. The summed E-state index contributed by atoms with van der Waals surface area (Å²) in [5.74, 6) is -0.205. The second kappa shape index (κ2) is 10.5. The van der Waals surface area contributed by atoms with Crippen LogP contribution >= 0.6 is 23.4 Å². The average molecular weight is 536 g/mol. The Labute approximate surface area is 201 Å². The van der Waals surface area contributed by atoms with E-state index in [1.165, 1.54) is 33.5 Å². The highest BCUT2D eigenvalue weighted by molar-refractivity contribution is 8.00. The maximum Gasteiger partial charge on any atom is 0.516 e. The van der Waals surface area contributed by atoms with Crippen LogP contribution in [-0.2, 0) is 27.9 Å². The molecule has 1 heterocycles. The van der Waals surface area contributed by atoms with Crippen molar-refractivity contribution in [2.24, 2.45) is 0 Å². The van der Waals surface area contributed by atoms with Crippen LogP contribution in [0.15, 0.2) is 57.8 Å². The number of nitrogens with one attached hydrogen (secondary N) is 1. The second-order valence-corrected chi connectivity index (χ2v) is 9.85. The van der Waals surface area contributed by atoms with Gasteiger partial charge in [-0.2, -0.15) is 21.6 Å². The summed E-state index contributed by atoms with van der Waals surface area (Å²) >= 11 is 7.35. The molecule has 0 aliphatic carbocycles. The lowest BCUT2D eigenvalue weighted by Crippen LogP contribution is -2.32. The number of sulfonamides is 1. The first-order valence-electron chi connectivity index (χ1n) is 9.35. The molecule has 9 nitrogen and oxygen atoms in total. The van der Waals surface area contributed by atoms with Crippen molar-refractivity contribution in [3.8, 4) is 0 Å². The lowest BCUT2D eigenvalue weighted by molar-refractivity contribution is -0.129. The van der Waals surface area contributed by atoms with Crippen LogP contribution in [0.4, 0.5) is 24.9 Å². The molecule has 3 N–H and O–H groups in total. The van der Waals surface area contributed by atoms with Crippen molar-refractivity contribution in [3.05, 3.63) is 65.0 Å². The Kier molecular flexibility index (Phi) is 7.94. The number of nitrogens with zero attached hydrogens (tertiary/aromatic N) is 3. The average Bonchev–Trinajstić information content (AvgIpc) is 3.17. The molecule has 0 spiro atoms. The Hall–Kier alpha value is -2.97. The number of rotatable bonds is 9. The first kappa shape index (κ1) is 25.6. The number of thioether (sulfide) groups is 1. The number of anilines is 2. The molecular weight excluding hydrogens is 519 g/mol. The quantitative estimate of drug-likeness (QED) is 0.394. The van der Waals surface area contributed by atoms with E-state index >= 15 is 0 Å². The van der Waals surface area contributed by atoms with Gasteiger partial charge in [0.15, 0.2) is 0 Å². The number of benzene rings is 2. The Morgan fingerprint density at radius 2 is 1.79 bits per heavy atom. The fourth-order valence-corrected chi connectivity index (χ4v) is 4.33. The van der Waals surface area contributed by atoms with E-state index in [-0.39, 0.29) is 42.3 Å². The van der Waals surface area contributed by atoms with Crippen LogP contribution in [0, 0.1) is 0 Å². The molecule has 0 unspecified atom stereocenters. The van der Waals surface area contributed by atoms with Crippen LogP contribution in [0.1, 0.15) is 11.5 Å². The fraction of sp³-hybridized carbons (Fsp3) is 0.211. The Morgan fingerprint density at radius 1 is 1.12 bits per heavy atom. The molecule has 0 aliphatic rings. The molecular formula is C19H17ClF3N5O4S2. The maximum absolute atomic E-state index is 12.9. The van der Waals surface area contributed by atoms with E-state index < -0.39 is 15.5 Å². The van der Waals surface area contributed by atoms with Gasteiger partial charge < -0.3 is 15.1 Å². The van der Waals surface area contributed by atoms with Gasteiger partial charge in [0.1, 0.15) is 0 Å². The molecule has 0 radical (unpaired) electrons. The van der Waals surface area contributed by atoms with E-state index in [9.17, 15) is 26.4 Å². The fourth-order valence-electron chi connectivity index (χ4n) is 2.63. The zero-order valence-electron chi connectivity index (χ0n) is 17.1. The smallest absolute Gasteiger partial charge is 0.406 e. The lowest BCUT2D eigenvalue weighted by atomic mass is 10.2. The highest BCUT2D eigenvalue weighted by Crippen LogP contribution is 2.28. The number of aromatic nitrogens is 2. The summed E-state index contributed by atoms with van der Waals surface area (Å²) < 4.78 is 66.8. The van der Waals surface area contributed by atoms with Crippen molar-refractivity contribution in [3.63, 3.8) is 0 Å². The van der Waals surface area contributed by atoms with Crippen LogP contribution in [0.2, 0.25) is 5.02 Å². The predicted molar refractivity (Wildman–Crippen MR) is 120 cm³/mol. The molecule has 2 aromatic carbocycles. The summed E-state index contributed by atoms with van der Waals surface area (Å²) in [4.78, 5) is 15.0. The number of hydrogen-bond donors (Lipinski definition) is 2. The largest absolute Gasteiger partial charge is 0.516 e. The lowest BCUT2D eigenvalue weighted by Gasteiger charge is -2.21. The van der Waals surface area contributed by atoms with Crippen molar-refractivity contribution < 1.29 is 30.8 Å². The zero-order valence-corrected chi connectivity index (χ0v) is 19.5. The van der Waals surface area contributed by atoms with Crippen LogP contribution < -0.4 is 10.5 Å². The molecule has 15 heteroatoms. The standard InChI is InChI=1S/C19H17ClF3N5O4S2/c20-14-3-1-2-4-15(14)33-11-17(29)28(10-16-25-26-18(24)32-16)9-12-5-7-13(8-6-12)27-34(30,31)19(21,22)23/h1-8,27H,9-11H2,(H2,24,26). The first-order chi connectivity index (χ1) is 15.9. The van der Waals surface area contributed by atoms with Crippen molar-refractivity contribution in [2.75, 3.05) is 16.2 Å². The third-order valence-corrected chi connectivity index (χ3v) is 6.85. The van der Waals surface area contributed by atoms with Crippen molar-refractivity contribution >= 4 is 51.0 Å². The highest BCUT2D eigenvalue weighted by atomic mass is 35.5. The van der Waals surface area contributed by atoms with Crippen LogP contribution in [0.25, 0.3) is 0 Å². The van der Waals surface area contributed by atoms with E-state index in [2.05, 4.69) is 10.2 Å². The van der Waals surface area contributed by atoms with Gasteiger partial charge in [-0.1, -0.05) is 41.0 Å². The molecule has 0 fully saturated rings. The molecule has 182 valence electrons. The number of hydrogen-bond acceptors (Lipinski definition) is 8. The number of amides is 1. The van der Waals surface area contributed by atoms with Crippen molar-refractivity contribution in [1.29, 1.82) is 0 Å². The van der Waals surface area contributed by atoms with Gasteiger partial charge in [0, 0.05) is 17.1 Å². The summed E-state index contributed by atoms with van der Waals surface area (Å²) in [7, 11) is -5.54. The molecule has 0 saturated carbocycles. The zero-order chi connectivity index (χ0) is 24.9. The normalized spacial score (nSPS) is 11.9. The van der Waals surface area contributed by atoms with E-state index in [1.807, 2.05) is 0 Å². The minimum atomic E-state index is -5.54. The molecule has 34 heavy (non-hydrogen) atoms. The summed E-state index contributed by atoms with van der Waals surface area (Å²) in [6, 6.07) is 11.9. The first-order valence-corrected chi connectivity index (χ1v) is 12.2. The predicted octanol–water partition coefficient (Wildman–Crippen LogP) is 3.89. The van der Waals surface area contributed by atoms with Gasteiger partial charge in [0.2, 0.25) is 11.8 Å². The molecule has 0 atom stereocenters. The minimum Gasteiger partial charge on any atom is -0.406 e. The van der Waals surface area contributed by atoms with E-state index in [4.69, 9.17) is 21.8 Å². The van der Waals surface area contributed by atoms with Crippen molar-refractivity contribution in [1.82, 2.24) is 15.1 Å². The second-order valence-electron chi connectivity index (χ2n) is 6.75. The number of alkyl halides is 3. The van der Waals surface area contributed by atoms with Gasteiger partial charge in [-0.25, -0.2) is 0 Å². The molecule has 0 aliphatic heterocycles. The number of halogens is 4. The maximum atomic E-state index is 12.9. The van der Waals surface area contributed by atoms with Crippen LogP contribution in [0.3, 0.4) is 0 Å². The highest BCUT2D eigenvalue weighted by Gasteiger charge is 2.46. The van der Waals surface area contributed by atoms with Gasteiger partial charge >= 0.3 is 21.5 Å². The number of carbonyl (C=O) groups is 1. The number of nitrogen functional groups attached to an aromatic ring is 1. The minimum absolute atomic E-state index is 0.0243. The van der Waals surface area contributed by atoms with E-state index in [0.29, 0.717) is 15.5 Å². The topological polar surface area (TPSA) is 131 Å². The van der Waals surface area contributed by atoms with Crippen molar-refractivity contribution in [2.45, 2.75) is 23.5 Å². The van der Waals surface area contributed by atoms with Gasteiger partial charge in [0.25, 0.3) is 0 Å². The van der Waals surface area contributed by atoms with Gasteiger partial charge in [-0.15, -0.1) is 16.9 Å². The molecule has 3 aromatic rings. The van der Waals surface area contributed by atoms with Crippen LogP contribution in [0.5, 0.6) is 0 Å². The van der Waals surface area contributed by atoms with Crippen LogP contribution in [-0.4, -0.2) is 40.7 Å². The van der Waals surface area contributed by atoms with Gasteiger partial charge in [-0.3, -0.25) is 9.52 Å². The summed E-state index contributed by atoms with van der Waals surface area (Å²) in [5.41, 5.74) is 0.222. The van der Waals surface area contributed by atoms with Gasteiger partial charge in [-0.05, 0) is 29.8 Å². The Morgan fingerprint density at radius 3 is 2.38 bits per heavy atom. The molecule has 0 bridgehead atoms. The van der Waals surface area contributed by atoms with E-state index in [0.717, 1.165) is 12.1 Å². The van der Waals surface area contributed by atoms with E-state index in [1.54, 1.807) is 24.3 Å². The monoisotopic (exact) mass is 535 g/mol. The number of nitrogens with two attached hydrogens (primary N) is 1. The molecule has 3 rings (SSSR count). The summed E-state index contributed by atoms with van der Waals surface area (Å²) in [6.45, 7) is -0.0505. The summed E-state index contributed by atoms with van der Waals surface area (Å²) in [5, 5.41) is 7.79. The molecule has 1 aromatic heterocycles.